The maximum atomic E-state index is 11.9. The molecule has 1 aliphatic rings. The number of halogens is 1. The highest BCUT2D eigenvalue weighted by Crippen LogP contribution is 2.21. The van der Waals surface area contributed by atoms with Crippen LogP contribution < -0.4 is 5.43 Å². The zero-order valence-corrected chi connectivity index (χ0v) is 12.0. The van der Waals surface area contributed by atoms with Crippen molar-refractivity contribution in [2.45, 2.75) is 32.6 Å². The molecule has 0 aromatic heterocycles. The number of rotatable bonds is 2. The summed E-state index contributed by atoms with van der Waals surface area (Å²) in [6.07, 6.45) is 4.43. The fourth-order valence-electron chi connectivity index (χ4n) is 2.20. The predicted molar refractivity (Wildman–Crippen MR) is 76.7 cm³/mol. The molecular weight excluding hydrogens is 292 g/mol. The van der Waals surface area contributed by atoms with E-state index in [1.165, 1.54) is 12.8 Å². The number of hydrogen-bond donors (Lipinski definition) is 1. The Hall–Kier alpha value is -1.16. The van der Waals surface area contributed by atoms with Gasteiger partial charge in [0.2, 0.25) is 0 Å². The molecule has 0 saturated heterocycles. The van der Waals surface area contributed by atoms with Crippen molar-refractivity contribution in [1.29, 1.82) is 0 Å². The van der Waals surface area contributed by atoms with Gasteiger partial charge in [-0.2, -0.15) is 5.10 Å². The van der Waals surface area contributed by atoms with Crippen molar-refractivity contribution >= 4 is 27.5 Å². The fourth-order valence-corrected chi connectivity index (χ4v) is 2.66. The largest absolute Gasteiger partial charge is 0.272 e. The molecule has 4 heteroatoms. The lowest BCUT2D eigenvalue weighted by atomic mass is 9.89. The normalized spacial score (nSPS) is 21.9. The van der Waals surface area contributed by atoms with Crippen molar-refractivity contribution in [3.8, 4) is 0 Å². The highest BCUT2D eigenvalue weighted by molar-refractivity contribution is 9.10. The van der Waals surface area contributed by atoms with Gasteiger partial charge in [0.1, 0.15) is 0 Å². The molecule has 0 spiro atoms. The second-order valence-corrected chi connectivity index (χ2v) is 5.65. The monoisotopic (exact) mass is 308 g/mol. The third kappa shape index (κ3) is 3.42. The summed E-state index contributed by atoms with van der Waals surface area (Å²) in [5, 5.41) is 4.25. The maximum absolute atomic E-state index is 11.9. The zero-order valence-electron chi connectivity index (χ0n) is 10.4. The van der Waals surface area contributed by atoms with Crippen LogP contribution >= 0.6 is 15.9 Å². The first kappa shape index (κ1) is 13.3. The van der Waals surface area contributed by atoms with Gasteiger partial charge in [0, 0.05) is 10.2 Å². The minimum absolute atomic E-state index is 0.159. The molecule has 2 rings (SSSR count). The van der Waals surface area contributed by atoms with Crippen LogP contribution in [-0.2, 0) is 0 Å². The second kappa shape index (κ2) is 6.14. The number of amides is 1. The van der Waals surface area contributed by atoms with Crippen molar-refractivity contribution in [3.63, 3.8) is 0 Å². The van der Waals surface area contributed by atoms with Crippen LogP contribution in [0.5, 0.6) is 0 Å². The Bertz CT molecular complexity index is 471. The van der Waals surface area contributed by atoms with E-state index in [0.717, 1.165) is 23.0 Å². The second-order valence-electron chi connectivity index (χ2n) is 4.80. The van der Waals surface area contributed by atoms with E-state index in [0.29, 0.717) is 11.5 Å². The number of nitrogens with one attached hydrogen (secondary N) is 1. The van der Waals surface area contributed by atoms with Crippen molar-refractivity contribution in [1.82, 2.24) is 5.43 Å². The summed E-state index contributed by atoms with van der Waals surface area (Å²) >= 11 is 3.36. The number of carbonyl (C=O) groups excluding carboxylic acids is 1. The van der Waals surface area contributed by atoms with E-state index in [9.17, 15) is 4.79 Å². The Morgan fingerprint density at radius 3 is 2.94 bits per heavy atom. The molecule has 1 fully saturated rings. The molecule has 1 aliphatic carbocycles. The van der Waals surface area contributed by atoms with E-state index in [2.05, 4.69) is 33.4 Å². The number of hydrazone groups is 1. The van der Waals surface area contributed by atoms with E-state index in [1.54, 1.807) is 6.07 Å². The third-order valence-corrected chi connectivity index (χ3v) is 3.87. The van der Waals surface area contributed by atoms with Gasteiger partial charge in [-0.05, 0) is 59.7 Å². The molecule has 18 heavy (non-hydrogen) atoms. The number of hydrogen-bond acceptors (Lipinski definition) is 2. The van der Waals surface area contributed by atoms with Crippen molar-refractivity contribution in [2.24, 2.45) is 11.0 Å². The quantitative estimate of drug-likeness (QED) is 0.831. The van der Waals surface area contributed by atoms with Gasteiger partial charge in [0.25, 0.3) is 5.91 Å². The van der Waals surface area contributed by atoms with Crippen LogP contribution in [0.3, 0.4) is 0 Å². The van der Waals surface area contributed by atoms with Crippen LogP contribution in [0.1, 0.15) is 43.0 Å². The molecule has 1 N–H and O–H groups in total. The average molecular weight is 309 g/mol. The van der Waals surface area contributed by atoms with E-state index in [4.69, 9.17) is 0 Å². The van der Waals surface area contributed by atoms with Gasteiger partial charge in [-0.15, -0.1) is 0 Å². The van der Waals surface area contributed by atoms with Crippen LogP contribution in [0.2, 0.25) is 0 Å². The zero-order chi connectivity index (χ0) is 13.0. The van der Waals surface area contributed by atoms with Crippen molar-refractivity contribution in [3.05, 3.63) is 34.3 Å². The van der Waals surface area contributed by atoms with Crippen LogP contribution in [-0.4, -0.2) is 11.6 Å². The summed E-state index contributed by atoms with van der Waals surface area (Å²) in [5.74, 6) is 0.520. The van der Waals surface area contributed by atoms with Crippen molar-refractivity contribution in [2.75, 3.05) is 0 Å². The molecule has 1 unspecified atom stereocenters. The van der Waals surface area contributed by atoms with E-state index < -0.39 is 0 Å². The van der Waals surface area contributed by atoms with Gasteiger partial charge in [0.05, 0.1) is 5.56 Å². The highest BCUT2D eigenvalue weighted by Gasteiger charge is 2.15. The fraction of sp³-hybridized carbons (Fsp3) is 0.429. The number of nitrogens with zero attached hydrogens (tertiary/aromatic N) is 1. The Morgan fingerprint density at radius 2 is 2.22 bits per heavy atom. The van der Waals surface area contributed by atoms with Gasteiger partial charge in [-0.25, -0.2) is 5.43 Å². The first-order valence-electron chi connectivity index (χ1n) is 6.27. The summed E-state index contributed by atoms with van der Waals surface area (Å²) in [6.45, 7) is 2.23. The van der Waals surface area contributed by atoms with Crippen LogP contribution in [0, 0.1) is 5.92 Å². The molecule has 1 atom stereocenters. The number of carbonyl (C=O) groups is 1. The van der Waals surface area contributed by atoms with Crippen LogP contribution in [0.25, 0.3) is 0 Å². The lowest BCUT2D eigenvalue weighted by Crippen LogP contribution is -2.22. The molecule has 0 radical (unpaired) electrons. The van der Waals surface area contributed by atoms with E-state index >= 15 is 0 Å². The topological polar surface area (TPSA) is 41.5 Å². The minimum Gasteiger partial charge on any atom is -0.267 e. The maximum Gasteiger partial charge on any atom is 0.272 e. The standard InChI is InChI=1S/C14H17BrN2O/c1-10-5-4-6-11(9-10)16-17-14(18)12-7-2-3-8-13(12)15/h2-3,7-8,10H,4-6,9H2,1H3,(H,17,18). The van der Waals surface area contributed by atoms with Gasteiger partial charge in [-0.1, -0.05) is 19.1 Å². The Morgan fingerprint density at radius 1 is 1.44 bits per heavy atom. The Labute approximate surface area is 116 Å². The SMILES string of the molecule is CC1CCCC(=NNC(=O)c2ccccc2Br)C1. The molecule has 3 nitrogen and oxygen atoms in total. The number of benzene rings is 1. The first-order chi connectivity index (χ1) is 8.66. The molecule has 0 bridgehead atoms. The predicted octanol–water partition coefficient (Wildman–Crippen LogP) is 3.75. The van der Waals surface area contributed by atoms with Crippen LogP contribution in [0.15, 0.2) is 33.8 Å². The lowest BCUT2D eigenvalue weighted by Gasteiger charge is -2.18. The molecular formula is C14H17BrN2O. The molecule has 0 aliphatic heterocycles. The van der Waals surface area contributed by atoms with Crippen molar-refractivity contribution < 1.29 is 4.79 Å². The van der Waals surface area contributed by atoms with Gasteiger partial charge in [0.15, 0.2) is 0 Å². The van der Waals surface area contributed by atoms with Gasteiger partial charge in [-0.3, -0.25) is 4.79 Å². The third-order valence-electron chi connectivity index (χ3n) is 3.18. The molecule has 1 aromatic rings. The van der Waals surface area contributed by atoms with E-state index in [1.807, 2.05) is 18.2 Å². The van der Waals surface area contributed by atoms with Crippen LogP contribution in [0.4, 0.5) is 0 Å². The van der Waals surface area contributed by atoms with Gasteiger partial charge >= 0.3 is 0 Å². The Balaban J connectivity index is 2.00. The lowest BCUT2D eigenvalue weighted by molar-refractivity contribution is 0.0953. The summed E-state index contributed by atoms with van der Waals surface area (Å²) in [6, 6.07) is 7.36. The summed E-state index contributed by atoms with van der Waals surface area (Å²) in [7, 11) is 0. The molecule has 0 heterocycles. The Kier molecular flexibility index (Phi) is 4.53. The molecule has 1 saturated carbocycles. The summed E-state index contributed by atoms with van der Waals surface area (Å²) in [4.78, 5) is 11.9. The summed E-state index contributed by atoms with van der Waals surface area (Å²) < 4.78 is 0.791. The smallest absolute Gasteiger partial charge is 0.267 e. The molecule has 96 valence electrons. The molecule has 1 amide bonds. The summed E-state index contributed by atoms with van der Waals surface area (Å²) in [5.41, 5.74) is 4.37. The first-order valence-corrected chi connectivity index (χ1v) is 7.06. The average Bonchev–Trinajstić information content (AvgIpc) is 2.37. The highest BCUT2D eigenvalue weighted by atomic mass is 79.9. The van der Waals surface area contributed by atoms with E-state index in [-0.39, 0.29) is 5.91 Å². The molecule has 1 aromatic carbocycles. The van der Waals surface area contributed by atoms with Gasteiger partial charge < -0.3 is 0 Å². The minimum atomic E-state index is -0.159.